The Bertz CT molecular complexity index is 579. The minimum absolute atomic E-state index is 0.127. The second kappa shape index (κ2) is 6.47. The van der Waals surface area contributed by atoms with Crippen molar-refractivity contribution in [1.82, 2.24) is 0 Å². The summed E-state index contributed by atoms with van der Waals surface area (Å²) in [6.45, 7) is 11.2. The lowest BCUT2D eigenvalue weighted by molar-refractivity contribution is 0.00578. The Morgan fingerprint density at radius 3 is 2.17 bits per heavy atom. The van der Waals surface area contributed by atoms with Crippen LogP contribution in [0.5, 0.6) is 0 Å². The van der Waals surface area contributed by atoms with Crippen molar-refractivity contribution in [3.63, 3.8) is 0 Å². The van der Waals surface area contributed by atoms with E-state index >= 15 is 0 Å². The molecule has 1 heterocycles. The molecule has 0 saturated carbocycles. The predicted octanol–water partition coefficient (Wildman–Crippen LogP) is 2.16. The van der Waals surface area contributed by atoms with E-state index in [-0.39, 0.29) is 17.0 Å². The van der Waals surface area contributed by atoms with E-state index in [9.17, 15) is 5.11 Å². The van der Waals surface area contributed by atoms with Crippen molar-refractivity contribution in [2.75, 3.05) is 6.61 Å². The molecule has 1 fully saturated rings. The Morgan fingerprint density at radius 1 is 1.22 bits per heavy atom. The highest BCUT2D eigenvalue weighted by Crippen LogP contribution is 2.36. The van der Waals surface area contributed by atoms with E-state index in [1.807, 2.05) is 52.0 Å². The third-order valence-corrected chi connectivity index (χ3v) is 4.51. The van der Waals surface area contributed by atoms with E-state index in [0.29, 0.717) is 0 Å². The van der Waals surface area contributed by atoms with Gasteiger partial charge in [0.2, 0.25) is 0 Å². The lowest BCUT2D eigenvalue weighted by atomic mass is 9.78. The monoisotopic (exact) mass is 317 g/mol. The fourth-order valence-corrected chi connectivity index (χ4v) is 2.32. The SMILES string of the molecule is C=NC(/C=C(\O)CO)c1ccc(B2OC(C)(C)C(C)(C)O2)cc1. The van der Waals surface area contributed by atoms with Gasteiger partial charge in [-0.1, -0.05) is 24.3 Å². The van der Waals surface area contributed by atoms with Gasteiger partial charge in [0.05, 0.1) is 23.9 Å². The van der Waals surface area contributed by atoms with Crippen molar-refractivity contribution in [1.29, 1.82) is 0 Å². The van der Waals surface area contributed by atoms with E-state index in [0.717, 1.165) is 11.0 Å². The highest BCUT2D eigenvalue weighted by atomic mass is 16.7. The molecule has 1 aliphatic heterocycles. The maximum absolute atomic E-state index is 9.45. The van der Waals surface area contributed by atoms with Gasteiger partial charge in [-0.15, -0.1) is 0 Å². The molecule has 1 aromatic rings. The van der Waals surface area contributed by atoms with Gasteiger partial charge in [0, 0.05) is 0 Å². The number of rotatable bonds is 5. The first-order valence-electron chi connectivity index (χ1n) is 7.62. The summed E-state index contributed by atoms with van der Waals surface area (Å²) in [5.74, 6) is -0.127. The Kier molecular flexibility index (Phi) is 4.99. The van der Waals surface area contributed by atoms with Crippen molar-refractivity contribution in [3.8, 4) is 0 Å². The van der Waals surface area contributed by atoms with Crippen LogP contribution in [-0.4, -0.2) is 41.9 Å². The first-order chi connectivity index (χ1) is 10.7. The quantitative estimate of drug-likeness (QED) is 0.496. The summed E-state index contributed by atoms with van der Waals surface area (Å²) in [7, 11) is -0.412. The van der Waals surface area contributed by atoms with Crippen molar-refractivity contribution < 1.29 is 19.5 Å². The van der Waals surface area contributed by atoms with Crippen LogP contribution in [0, 0.1) is 0 Å². The molecule has 124 valence electrons. The highest BCUT2D eigenvalue weighted by molar-refractivity contribution is 6.62. The molecule has 2 rings (SSSR count). The summed E-state index contributed by atoms with van der Waals surface area (Å²) < 4.78 is 12.0. The molecular formula is C17H24BNO4. The normalized spacial score (nSPS) is 21.3. The van der Waals surface area contributed by atoms with Crippen molar-refractivity contribution in [3.05, 3.63) is 41.7 Å². The Hall–Kier alpha value is -1.63. The molecule has 1 atom stereocenters. The largest absolute Gasteiger partial charge is 0.510 e. The zero-order chi connectivity index (χ0) is 17.3. The fraction of sp³-hybridized carbons (Fsp3) is 0.471. The summed E-state index contributed by atoms with van der Waals surface area (Å²) in [6, 6.07) is 7.20. The molecule has 1 aromatic carbocycles. The third kappa shape index (κ3) is 3.66. The van der Waals surface area contributed by atoms with Gasteiger partial charge < -0.3 is 19.5 Å². The average molecular weight is 317 g/mol. The number of nitrogens with zero attached hydrogens (tertiary/aromatic N) is 1. The van der Waals surface area contributed by atoms with Crippen molar-refractivity contribution >= 4 is 19.3 Å². The summed E-state index contributed by atoms with van der Waals surface area (Å²) >= 11 is 0. The molecule has 1 saturated heterocycles. The van der Waals surface area contributed by atoms with E-state index < -0.39 is 19.8 Å². The minimum atomic E-state index is -0.419. The second-order valence-electron chi connectivity index (χ2n) is 6.70. The van der Waals surface area contributed by atoms with E-state index in [4.69, 9.17) is 14.4 Å². The van der Waals surface area contributed by atoms with Crippen LogP contribution in [0.2, 0.25) is 0 Å². The smallest absolute Gasteiger partial charge is 0.494 e. The molecule has 0 spiro atoms. The maximum atomic E-state index is 9.45. The van der Waals surface area contributed by atoms with Crippen LogP contribution in [0.15, 0.2) is 41.1 Å². The first-order valence-corrected chi connectivity index (χ1v) is 7.62. The van der Waals surface area contributed by atoms with Crippen molar-refractivity contribution in [2.45, 2.75) is 44.9 Å². The topological polar surface area (TPSA) is 71.3 Å². The average Bonchev–Trinajstić information content (AvgIpc) is 2.73. The van der Waals surface area contributed by atoms with Gasteiger partial charge in [0.1, 0.15) is 5.76 Å². The zero-order valence-electron chi connectivity index (χ0n) is 14.1. The first kappa shape index (κ1) is 17.7. The standard InChI is InChI=1S/C17H24BNO4/c1-16(2)17(3,4)23-18(22-16)13-8-6-12(7-9-13)15(19-5)10-14(21)11-20/h6-10,15,20-21H,5,11H2,1-4H3/b14-10-. The van der Waals surface area contributed by atoms with Crippen LogP contribution < -0.4 is 5.46 Å². The van der Waals surface area contributed by atoms with Gasteiger partial charge in [-0.25, -0.2) is 0 Å². The molecule has 1 unspecified atom stereocenters. The number of benzene rings is 1. The van der Waals surface area contributed by atoms with Crippen LogP contribution in [0.25, 0.3) is 0 Å². The Labute approximate surface area is 137 Å². The number of aliphatic imine (C=N–C) groups is 1. The van der Waals surface area contributed by atoms with Gasteiger partial charge >= 0.3 is 7.12 Å². The van der Waals surface area contributed by atoms with E-state index in [1.165, 1.54) is 6.08 Å². The van der Waals surface area contributed by atoms with Gasteiger partial charge in [-0.3, -0.25) is 4.99 Å². The van der Waals surface area contributed by atoms with E-state index in [1.54, 1.807) is 0 Å². The molecule has 0 aromatic heterocycles. The van der Waals surface area contributed by atoms with Gasteiger partial charge in [-0.05, 0) is 51.5 Å². The number of hydrogen-bond acceptors (Lipinski definition) is 5. The Balaban J connectivity index is 2.19. The zero-order valence-corrected chi connectivity index (χ0v) is 14.1. The maximum Gasteiger partial charge on any atom is 0.494 e. The number of aliphatic hydroxyl groups is 2. The Morgan fingerprint density at radius 2 is 1.74 bits per heavy atom. The van der Waals surface area contributed by atoms with Gasteiger partial charge in [0.15, 0.2) is 0 Å². The molecule has 0 aliphatic carbocycles. The lowest BCUT2D eigenvalue weighted by Crippen LogP contribution is -2.41. The molecule has 2 N–H and O–H groups in total. The number of hydrogen-bond donors (Lipinski definition) is 2. The van der Waals surface area contributed by atoms with Crippen molar-refractivity contribution in [2.24, 2.45) is 4.99 Å². The summed E-state index contributed by atoms with van der Waals surface area (Å²) in [5.41, 5.74) is 1.03. The lowest BCUT2D eigenvalue weighted by Gasteiger charge is -2.32. The highest BCUT2D eigenvalue weighted by Gasteiger charge is 2.51. The van der Waals surface area contributed by atoms with Crippen LogP contribution in [-0.2, 0) is 9.31 Å². The predicted molar refractivity (Wildman–Crippen MR) is 92.2 cm³/mol. The van der Waals surface area contributed by atoms with Crippen LogP contribution in [0.4, 0.5) is 0 Å². The fourth-order valence-electron chi connectivity index (χ4n) is 2.32. The van der Waals surface area contributed by atoms with Crippen LogP contribution in [0.1, 0.15) is 39.3 Å². The third-order valence-electron chi connectivity index (χ3n) is 4.51. The minimum Gasteiger partial charge on any atom is -0.510 e. The van der Waals surface area contributed by atoms with E-state index in [2.05, 4.69) is 11.7 Å². The molecular weight excluding hydrogens is 293 g/mol. The molecule has 5 nitrogen and oxygen atoms in total. The summed E-state index contributed by atoms with van der Waals surface area (Å²) in [5, 5.41) is 18.3. The molecule has 1 aliphatic rings. The molecule has 23 heavy (non-hydrogen) atoms. The summed E-state index contributed by atoms with van der Waals surface area (Å²) in [6.07, 6.45) is 1.47. The number of aliphatic hydroxyl groups excluding tert-OH is 2. The van der Waals surface area contributed by atoms with Gasteiger partial charge in [0.25, 0.3) is 0 Å². The molecule has 0 bridgehead atoms. The van der Waals surface area contributed by atoms with Crippen LogP contribution in [0.3, 0.4) is 0 Å². The van der Waals surface area contributed by atoms with Gasteiger partial charge in [-0.2, -0.15) is 0 Å². The van der Waals surface area contributed by atoms with Crippen LogP contribution >= 0.6 is 0 Å². The molecule has 0 amide bonds. The molecule has 6 heteroatoms. The molecule has 0 radical (unpaired) electrons. The summed E-state index contributed by atoms with van der Waals surface area (Å²) in [4.78, 5) is 3.96. The second-order valence-corrected chi connectivity index (χ2v) is 6.70.